The van der Waals surface area contributed by atoms with Gasteiger partial charge in [-0.15, -0.1) is 0 Å². The first kappa shape index (κ1) is 17.0. The quantitative estimate of drug-likeness (QED) is 0.524. The summed E-state index contributed by atoms with van der Waals surface area (Å²) in [6.07, 6.45) is 1.65. The van der Waals surface area contributed by atoms with Crippen LogP contribution in [0.25, 0.3) is 5.65 Å². The number of hydrogen-bond donors (Lipinski definition) is 1. The van der Waals surface area contributed by atoms with Crippen LogP contribution in [0.2, 0.25) is 0 Å². The summed E-state index contributed by atoms with van der Waals surface area (Å²) in [7, 11) is 0. The Morgan fingerprint density at radius 2 is 2.16 bits per heavy atom. The minimum absolute atomic E-state index is 0.154. The molecule has 128 valence electrons. The molecule has 9 heteroatoms. The van der Waals surface area contributed by atoms with Crippen LogP contribution in [0.5, 0.6) is 0 Å². The van der Waals surface area contributed by atoms with Gasteiger partial charge in [0.1, 0.15) is 17.2 Å². The molecule has 1 aromatic carbocycles. The van der Waals surface area contributed by atoms with Crippen molar-refractivity contribution in [3.8, 4) is 0 Å². The van der Waals surface area contributed by atoms with Gasteiger partial charge in [-0.2, -0.15) is 0 Å². The van der Waals surface area contributed by atoms with Crippen LogP contribution in [-0.4, -0.2) is 20.2 Å². The van der Waals surface area contributed by atoms with Gasteiger partial charge in [0.25, 0.3) is 11.6 Å². The van der Waals surface area contributed by atoms with Gasteiger partial charge in [-0.1, -0.05) is 6.92 Å². The van der Waals surface area contributed by atoms with Gasteiger partial charge in [0.15, 0.2) is 0 Å². The molecule has 0 aliphatic heterocycles. The van der Waals surface area contributed by atoms with Crippen LogP contribution in [0.1, 0.15) is 23.1 Å². The number of anilines is 1. The number of fused-ring (bicyclic) bond motifs is 1. The topological polar surface area (TPSA) is 89.5 Å². The lowest BCUT2D eigenvalue weighted by Crippen LogP contribution is -2.17. The normalized spacial score (nSPS) is 10.8. The molecule has 2 aromatic heterocycles. The van der Waals surface area contributed by atoms with E-state index in [1.54, 1.807) is 0 Å². The van der Waals surface area contributed by atoms with Crippen molar-refractivity contribution >= 4 is 38.9 Å². The summed E-state index contributed by atoms with van der Waals surface area (Å²) in [5.41, 5.74) is 1.23. The number of aryl methyl sites for hydroxylation is 1. The average Bonchev–Trinajstić information content (AvgIpc) is 2.94. The van der Waals surface area contributed by atoms with Crippen molar-refractivity contribution in [2.75, 3.05) is 5.32 Å². The Morgan fingerprint density at radius 3 is 2.84 bits per heavy atom. The van der Waals surface area contributed by atoms with Gasteiger partial charge >= 0.3 is 0 Å². The van der Waals surface area contributed by atoms with Crippen molar-refractivity contribution in [3.63, 3.8) is 0 Å². The highest BCUT2D eigenvalue weighted by Crippen LogP contribution is 2.28. The third-order valence-electron chi connectivity index (χ3n) is 3.61. The van der Waals surface area contributed by atoms with Crippen LogP contribution >= 0.6 is 15.9 Å². The summed E-state index contributed by atoms with van der Waals surface area (Å²) < 4.78 is 15.4. The monoisotopic (exact) mass is 406 g/mol. The number of non-ortho nitro benzene ring substituents is 1. The number of nitrogens with zero attached hydrogens (tertiary/aromatic N) is 3. The number of carbonyl (C=O) groups is 1. The number of carbonyl (C=O) groups excluding carboxylic acids is 1. The van der Waals surface area contributed by atoms with Crippen molar-refractivity contribution in [1.82, 2.24) is 9.38 Å². The van der Waals surface area contributed by atoms with Gasteiger partial charge in [0, 0.05) is 22.8 Å². The number of imidazole rings is 1. The maximum atomic E-state index is 13.6. The molecular formula is C16H12BrFN4O3. The Labute approximate surface area is 149 Å². The van der Waals surface area contributed by atoms with Crippen LogP contribution in [0.4, 0.5) is 15.8 Å². The van der Waals surface area contributed by atoms with E-state index in [-0.39, 0.29) is 17.1 Å². The first-order chi connectivity index (χ1) is 11.9. The van der Waals surface area contributed by atoms with E-state index in [2.05, 4.69) is 26.2 Å². The number of amides is 1. The van der Waals surface area contributed by atoms with Gasteiger partial charge in [-0.25, -0.2) is 9.37 Å². The minimum atomic E-state index is -0.552. The minimum Gasteiger partial charge on any atom is -0.319 e. The summed E-state index contributed by atoms with van der Waals surface area (Å²) in [4.78, 5) is 27.4. The predicted octanol–water partition coefficient (Wildman–Crippen LogP) is 3.96. The van der Waals surface area contributed by atoms with Gasteiger partial charge < -0.3 is 5.32 Å². The Bertz CT molecular complexity index is 1000. The third-order valence-corrected chi connectivity index (χ3v) is 4.31. The Hall–Kier alpha value is -2.81. The van der Waals surface area contributed by atoms with Crippen molar-refractivity contribution in [3.05, 3.63) is 68.3 Å². The summed E-state index contributed by atoms with van der Waals surface area (Å²) in [5, 5.41) is 13.5. The van der Waals surface area contributed by atoms with Gasteiger partial charge in [-0.05, 0) is 40.5 Å². The van der Waals surface area contributed by atoms with Gasteiger partial charge in [0.05, 0.1) is 16.3 Å². The van der Waals surface area contributed by atoms with Gasteiger partial charge in [0.2, 0.25) is 0 Å². The molecule has 25 heavy (non-hydrogen) atoms. The Balaban J connectivity index is 2.05. The highest BCUT2D eigenvalue weighted by Gasteiger charge is 2.20. The fraction of sp³-hybridized carbons (Fsp3) is 0.125. The zero-order valence-corrected chi connectivity index (χ0v) is 14.6. The molecule has 0 saturated heterocycles. The van der Waals surface area contributed by atoms with Crippen LogP contribution in [-0.2, 0) is 6.42 Å². The van der Waals surface area contributed by atoms with Crippen LogP contribution in [0.15, 0.2) is 41.0 Å². The van der Waals surface area contributed by atoms with Crippen LogP contribution < -0.4 is 5.32 Å². The number of aromatic nitrogens is 2. The summed E-state index contributed by atoms with van der Waals surface area (Å²) >= 11 is 3.25. The zero-order chi connectivity index (χ0) is 18.1. The lowest BCUT2D eigenvalue weighted by atomic mass is 10.2. The maximum absolute atomic E-state index is 13.6. The number of halogens is 2. The molecule has 0 aliphatic carbocycles. The first-order valence-electron chi connectivity index (χ1n) is 7.32. The molecule has 2 heterocycles. The molecule has 3 rings (SSSR count). The van der Waals surface area contributed by atoms with E-state index in [1.165, 1.54) is 40.9 Å². The fourth-order valence-electron chi connectivity index (χ4n) is 2.46. The van der Waals surface area contributed by atoms with E-state index in [1.807, 2.05) is 6.92 Å². The molecule has 7 nitrogen and oxygen atoms in total. The molecule has 0 spiro atoms. The molecule has 0 bridgehead atoms. The molecular weight excluding hydrogens is 395 g/mol. The largest absolute Gasteiger partial charge is 0.319 e. The highest BCUT2D eigenvalue weighted by molar-refractivity contribution is 9.10. The molecule has 3 aromatic rings. The third kappa shape index (κ3) is 3.22. The van der Waals surface area contributed by atoms with Crippen LogP contribution in [0, 0.1) is 15.9 Å². The molecule has 0 saturated carbocycles. The van der Waals surface area contributed by atoms with E-state index in [4.69, 9.17) is 0 Å². The summed E-state index contributed by atoms with van der Waals surface area (Å²) in [5.74, 6) is -1.03. The van der Waals surface area contributed by atoms with Crippen molar-refractivity contribution < 1.29 is 14.1 Å². The zero-order valence-electron chi connectivity index (χ0n) is 13.0. The number of nitrogens with one attached hydrogen (secondary N) is 1. The summed E-state index contributed by atoms with van der Waals surface area (Å²) in [6.45, 7) is 1.83. The second kappa shape index (κ2) is 6.60. The van der Waals surface area contributed by atoms with Crippen LogP contribution in [0.3, 0.4) is 0 Å². The first-order valence-corrected chi connectivity index (χ1v) is 8.11. The molecule has 0 aliphatic rings. The molecule has 0 fully saturated rings. The lowest BCUT2D eigenvalue weighted by Gasteiger charge is -2.08. The number of hydrogen-bond acceptors (Lipinski definition) is 4. The molecule has 1 N–H and O–H groups in total. The van der Waals surface area contributed by atoms with Crippen molar-refractivity contribution in [1.29, 1.82) is 0 Å². The number of benzene rings is 1. The smallest absolute Gasteiger partial charge is 0.274 e. The van der Waals surface area contributed by atoms with Crippen molar-refractivity contribution in [2.45, 2.75) is 13.3 Å². The van der Waals surface area contributed by atoms with Crippen molar-refractivity contribution in [2.24, 2.45) is 0 Å². The van der Waals surface area contributed by atoms with E-state index in [0.717, 1.165) is 0 Å². The van der Waals surface area contributed by atoms with E-state index >= 15 is 0 Å². The predicted molar refractivity (Wildman–Crippen MR) is 93.3 cm³/mol. The lowest BCUT2D eigenvalue weighted by molar-refractivity contribution is -0.384. The number of nitro groups is 1. The Morgan fingerprint density at radius 1 is 1.40 bits per heavy atom. The highest BCUT2D eigenvalue weighted by atomic mass is 79.9. The average molecular weight is 407 g/mol. The van der Waals surface area contributed by atoms with E-state index in [9.17, 15) is 19.3 Å². The number of rotatable bonds is 4. The second-order valence-corrected chi connectivity index (χ2v) is 6.07. The molecule has 0 unspecified atom stereocenters. The fourth-order valence-corrected chi connectivity index (χ4v) is 2.80. The SMILES string of the molecule is CCc1nc2ccc(F)cn2c1C(=O)Nc1cc([N+](=O)[O-])ccc1Br. The van der Waals surface area contributed by atoms with E-state index < -0.39 is 16.6 Å². The van der Waals surface area contributed by atoms with E-state index in [0.29, 0.717) is 22.2 Å². The Kier molecular flexibility index (Phi) is 4.49. The molecule has 0 radical (unpaired) electrons. The maximum Gasteiger partial charge on any atom is 0.274 e. The number of nitro benzene ring substituents is 1. The standard InChI is InChI=1S/C16H12BrFN4O3/c1-2-12-15(21-8-9(18)3-6-14(21)19-12)16(23)20-13-7-10(22(24)25)4-5-11(13)17/h3-8H,2H2,1H3,(H,20,23). The molecule has 1 amide bonds. The second-order valence-electron chi connectivity index (χ2n) is 5.21. The number of pyridine rings is 1. The van der Waals surface area contributed by atoms with Gasteiger partial charge in [-0.3, -0.25) is 19.3 Å². The molecule has 0 atom stereocenters. The summed E-state index contributed by atoms with van der Waals surface area (Å²) in [6, 6.07) is 6.79.